The third-order valence-corrected chi connectivity index (χ3v) is 3.43. The van der Waals surface area contributed by atoms with E-state index in [0.29, 0.717) is 16.8 Å². The predicted molar refractivity (Wildman–Crippen MR) is 95.5 cm³/mol. The average Bonchev–Trinajstić information content (AvgIpc) is 2.70. The summed E-state index contributed by atoms with van der Waals surface area (Å²) >= 11 is 0. The van der Waals surface area contributed by atoms with Gasteiger partial charge in [-0.15, -0.1) is 0 Å². The number of amides is 2. The van der Waals surface area contributed by atoms with Gasteiger partial charge in [-0.25, -0.2) is 4.79 Å². The van der Waals surface area contributed by atoms with Crippen molar-refractivity contribution in [3.63, 3.8) is 0 Å². The molecular formula is C19H17N3O5. The second-order valence-corrected chi connectivity index (χ2v) is 5.42. The van der Waals surface area contributed by atoms with Crippen molar-refractivity contribution in [1.82, 2.24) is 5.32 Å². The molecule has 8 heteroatoms. The number of anilines is 1. The Balaban J connectivity index is 1.86. The molecule has 2 amide bonds. The Morgan fingerprint density at radius 1 is 1.11 bits per heavy atom. The molecule has 0 heterocycles. The summed E-state index contributed by atoms with van der Waals surface area (Å²) in [6, 6.07) is 15.0. The second kappa shape index (κ2) is 9.70. The molecule has 0 aliphatic carbocycles. The molecule has 2 aromatic carbocycles. The van der Waals surface area contributed by atoms with Gasteiger partial charge in [0, 0.05) is 11.3 Å². The van der Waals surface area contributed by atoms with Crippen LogP contribution in [0.25, 0.3) is 0 Å². The number of ether oxygens (including phenoxy) is 1. The van der Waals surface area contributed by atoms with E-state index in [1.54, 1.807) is 48.5 Å². The summed E-state index contributed by atoms with van der Waals surface area (Å²) in [5.74, 6) is -2.11. The van der Waals surface area contributed by atoms with Gasteiger partial charge in [0.05, 0.1) is 18.2 Å². The Bertz CT molecular complexity index is 861. The van der Waals surface area contributed by atoms with E-state index in [-0.39, 0.29) is 0 Å². The van der Waals surface area contributed by atoms with Crippen LogP contribution in [-0.4, -0.2) is 42.1 Å². The number of benzene rings is 2. The number of carbonyl (C=O) groups excluding carboxylic acids is 3. The predicted octanol–water partition coefficient (Wildman–Crippen LogP) is 0.831. The fraction of sp³-hybridized carbons (Fsp3) is 0.158. The highest BCUT2D eigenvalue weighted by molar-refractivity contribution is 5.97. The minimum absolute atomic E-state index is 0.318. The number of nitriles is 1. The number of carbonyl (C=O) groups is 3. The molecule has 3 N–H and O–H groups in total. The van der Waals surface area contributed by atoms with Crippen molar-refractivity contribution < 1.29 is 24.2 Å². The summed E-state index contributed by atoms with van der Waals surface area (Å²) in [5, 5.41) is 22.9. The van der Waals surface area contributed by atoms with Gasteiger partial charge < -0.3 is 20.5 Å². The zero-order valence-electron chi connectivity index (χ0n) is 14.2. The lowest BCUT2D eigenvalue weighted by atomic mass is 10.2. The molecule has 8 nitrogen and oxygen atoms in total. The quantitative estimate of drug-likeness (QED) is 0.622. The lowest BCUT2D eigenvalue weighted by Crippen LogP contribution is -2.45. The van der Waals surface area contributed by atoms with Crippen molar-refractivity contribution in [3.8, 4) is 6.07 Å². The van der Waals surface area contributed by atoms with Gasteiger partial charge in [-0.05, 0) is 30.3 Å². The van der Waals surface area contributed by atoms with Crippen molar-refractivity contribution in [1.29, 1.82) is 5.26 Å². The first-order valence-electron chi connectivity index (χ1n) is 7.97. The molecule has 0 aliphatic rings. The Labute approximate surface area is 155 Å². The molecule has 0 bridgehead atoms. The molecule has 1 atom stereocenters. The van der Waals surface area contributed by atoms with Crippen molar-refractivity contribution in [2.24, 2.45) is 0 Å². The number of hydrogen-bond donors (Lipinski definition) is 3. The molecule has 2 aromatic rings. The van der Waals surface area contributed by atoms with Crippen LogP contribution in [0.5, 0.6) is 0 Å². The van der Waals surface area contributed by atoms with Gasteiger partial charge in [0.15, 0.2) is 12.6 Å². The molecule has 0 aromatic heterocycles. The fourth-order valence-corrected chi connectivity index (χ4v) is 2.11. The molecule has 138 valence electrons. The minimum atomic E-state index is -1.30. The molecule has 27 heavy (non-hydrogen) atoms. The van der Waals surface area contributed by atoms with E-state index in [9.17, 15) is 19.5 Å². The maximum atomic E-state index is 12.0. The monoisotopic (exact) mass is 367 g/mol. The van der Waals surface area contributed by atoms with Gasteiger partial charge >= 0.3 is 5.97 Å². The lowest BCUT2D eigenvalue weighted by molar-refractivity contribution is -0.150. The van der Waals surface area contributed by atoms with Crippen LogP contribution in [0.3, 0.4) is 0 Å². The molecule has 0 saturated carbocycles. The first kappa shape index (κ1) is 19.6. The highest BCUT2D eigenvalue weighted by Crippen LogP contribution is 2.09. The van der Waals surface area contributed by atoms with Crippen molar-refractivity contribution >= 4 is 23.5 Å². The van der Waals surface area contributed by atoms with Crippen molar-refractivity contribution in [2.45, 2.75) is 6.04 Å². The van der Waals surface area contributed by atoms with Gasteiger partial charge in [0.2, 0.25) is 0 Å². The van der Waals surface area contributed by atoms with Crippen LogP contribution in [0.4, 0.5) is 5.69 Å². The topological polar surface area (TPSA) is 129 Å². The van der Waals surface area contributed by atoms with Crippen LogP contribution < -0.4 is 10.6 Å². The molecule has 0 radical (unpaired) electrons. The summed E-state index contributed by atoms with van der Waals surface area (Å²) in [5.41, 5.74) is 1.07. The normalized spacial score (nSPS) is 11.0. The van der Waals surface area contributed by atoms with Crippen molar-refractivity contribution in [2.75, 3.05) is 18.5 Å². The van der Waals surface area contributed by atoms with E-state index >= 15 is 0 Å². The largest absolute Gasteiger partial charge is 0.454 e. The van der Waals surface area contributed by atoms with Gasteiger partial charge in [-0.3, -0.25) is 9.59 Å². The molecule has 0 spiro atoms. The highest BCUT2D eigenvalue weighted by atomic mass is 16.5. The number of hydrogen-bond acceptors (Lipinski definition) is 6. The van der Waals surface area contributed by atoms with Crippen LogP contribution in [0.15, 0.2) is 54.6 Å². The Morgan fingerprint density at radius 2 is 1.85 bits per heavy atom. The van der Waals surface area contributed by atoms with Crippen molar-refractivity contribution in [3.05, 3.63) is 65.7 Å². The van der Waals surface area contributed by atoms with Crippen LogP contribution in [-0.2, 0) is 14.3 Å². The molecule has 0 aliphatic heterocycles. The summed E-state index contributed by atoms with van der Waals surface area (Å²) in [6.45, 7) is -1.28. The van der Waals surface area contributed by atoms with Gasteiger partial charge in [-0.2, -0.15) is 5.26 Å². The third kappa shape index (κ3) is 5.95. The minimum Gasteiger partial charge on any atom is -0.454 e. The van der Waals surface area contributed by atoms with E-state index < -0.39 is 37.0 Å². The van der Waals surface area contributed by atoms with Gasteiger partial charge in [0.1, 0.15) is 0 Å². The molecule has 0 fully saturated rings. The molecular weight excluding hydrogens is 350 g/mol. The van der Waals surface area contributed by atoms with Gasteiger partial charge in [0.25, 0.3) is 11.8 Å². The summed E-state index contributed by atoms with van der Waals surface area (Å²) in [7, 11) is 0. The zero-order valence-corrected chi connectivity index (χ0v) is 14.2. The van der Waals surface area contributed by atoms with Crippen LogP contribution in [0.2, 0.25) is 0 Å². The molecule has 0 saturated heterocycles. The Morgan fingerprint density at radius 3 is 2.52 bits per heavy atom. The fourth-order valence-electron chi connectivity index (χ4n) is 2.11. The van der Waals surface area contributed by atoms with Crippen LogP contribution in [0, 0.1) is 11.3 Å². The maximum Gasteiger partial charge on any atom is 0.331 e. The number of nitrogens with zero attached hydrogens (tertiary/aromatic N) is 1. The number of rotatable bonds is 7. The van der Waals surface area contributed by atoms with E-state index in [1.807, 2.05) is 6.07 Å². The molecule has 1 unspecified atom stereocenters. The zero-order chi connectivity index (χ0) is 19.6. The third-order valence-electron chi connectivity index (χ3n) is 3.43. The highest BCUT2D eigenvalue weighted by Gasteiger charge is 2.22. The maximum absolute atomic E-state index is 12.0. The van der Waals surface area contributed by atoms with E-state index in [1.165, 1.54) is 6.07 Å². The lowest BCUT2D eigenvalue weighted by Gasteiger charge is -2.15. The first-order valence-corrected chi connectivity index (χ1v) is 7.97. The first-order chi connectivity index (χ1) is 13.0. The summed E-state index contributed by atoms with van der Waals surface area (Å²) in [6.07, 6.45) is 0. The van der Waals surface area contributed by atoms with E-state index in [0.717, 1.165) is 0 Å². The second-order valence-electron chi connectivity index (χ2n) is 5.42. The van der Waals surface area contributed by atoms with Crippen LogP contribution in [0.1, 0.15) is 15.9 Å². The number of aliphatic hydroxyl groups is 1. The molecule has 2 rings (SSSR count). The van der Waals surface area contributed by atoms with E-state index in [2.05, 4.69) is 10.6 Å². The number of nitrogens with one attached hydrogen (secondary N) is 2. The summed E-state index contributed by atoms with van der Waals surface area (Å²) in [4.78, 5) is 35.9. The average molecular weight is 367 g/mol. The smallest absolute Gasteiger partial charge is 0.331 e. The Hall–Kier alpha value is -3.70. The summed E-state index contributed by atoms with van der Waals surface area (Å²) < 4.78 is 4.83. The van der Waals surface area contributed by atoms with E-state index in [4.69, 9.17) is 10.00 Å². The number of esters is 1. The Kier molecular flexibility index (Phi) is 7.05. The number of aliphatic hydroxyl groups excluding tert-OH is 1. The van der Waals surface area contributed by atoms with Crippen LogP contribution >= 0.6 is 0 Å². The van der Waals surface area contributed by atoms with Gasteiger partial charge in [-0.1, -0.05) is 24.3 Å². The standard InChI is InChI=1S/C19H17N3O5/c20-10-13-5-4-8-15(9-13)21-17(24)12-27-19(26)16(11-23)22-18(25)14-6-2-1-3-7-14/h1-9,16,23H,11-12H2,(H,21,24)(H,22,25). The SMILES string of the molecule is N#Cc1cccc(NC(=O)COC(=O)C(CO)NC(=O)c2ccccc2)c1.